The van der Waals surface area contributed by atoms with Crippen molar-refractivity contribution in [1.82, 2.24) is 4.98 Å². The number of aromatic nitrogens is 1. The summed E-state index contributed by atoms with van der Waals surface area (Å²) in [6.07, 6.45) is 1.16. The van der Waals surface area contributed by atoms with Gasteiger partial charge in [-0.2, -0.15) is 11.3 Å². The first-order chi connectivity index (χ1) is 11.2. The van der Waals surface area contributed by atoms with Gasteiger partial charge in [-0.05, 0) is 46.7 Å². The largest absolute Gasteiger partial charge is 0.489 e. The van der Waals surface area contributed by atoms with E-state index in [2.05, 4.69) is 4.98 Å². The summed E-state index contributed by atoms with van der Waals surface area (Å²) in [5, 5.41) is 14.6. The molecule has 0 aliphatic carbocycles. The summed E-state index contributed by atoms with van der Waals surface area (Å²) in [5.41, 5.74) is 1.06. The van der Waals surface area contributed by atoms with Gasteiger partial charge in [-0.25, -0.2) is 4.98 Å². The molecular formula is C16H12N2O4S. The normalized spacial score (nSPS) is 10.3. The summed E-state index contributed by atoms with van der Waals surface area (Å²) in [5.74, 6) is 1.61. The van der Waals surface area contributed by atoms with Gasteiger partial charge in [0.15, 0.2) is 0 Å². The fourth-order valence-corrected chi connectivity index (χ4v) is 2.46. The topological polar surface area (TPSA) is 74.5 Å². The number of hydrogen-bond acceptors (Lipinski definition) is 6. The molecule has 1 aromatic carbocycles. The lowest BCUT2D eigenvalue weighted by Gasteiger charge is -2.07. The van der Waals surface area contributed by atoms with Crippen molar-refractivity contribution in [1.29, 1.82) is 0 Å². The number of ether oxygens (including phenoxy) is 2. The Bertz CT molecular complexity index is 771. The number of pyridine rings is 1. The quantitative estimate of drug-likeness (QED) is 0.494. The minimum Gasteiger partial charge on any atom is -0.489 e. The Morgan fingerprint density at radius 3 is 2.48 bits per heavy atom. The van der Waals surface area contributed by atoms with E-state index in [1.54, 1.807) is 35.6 Å². The maximum Gasteiger partial charge on any atom is 0.287 e. The molecule has 0 saturated carbocycles. The molecule has 23 heavy (non-hydrogen) atoms. The molecule has 0 spiro atoms. The third-order valence-corrected chi connectivity index (χ3v) is 3.70. The second-order valence-corrected chi connectivity index (χ2v) is 5.39. The first kappa shape index (κ1) is 15.0. The van der Waals surface area contributed by atoms with Gasteiger partial charge in [0.2, 0.25) is 5.88 Å². The molecule has 0 radical (unpaired) electrons. The van der Waals surface area contributed by atoms with Crippen LogP contribution in [0.4, 0.5) is 5.69 Å². The predicted octanol–water partition coefficient (Wildman–Crippen LogP) is 4.42. The van der Waals surface area contributed by atoms with Gasteiger partial charge in [-0.15, -0.1) is 0 Å². The Kier molecular flexibility index (Phi) is 4.49. The van der Waals surface area contributed by atoms with Gasteiger partial charge in [-0.1, -0.05) is 0 Å². The fourth-order valence-electron chi connectivity index (χ4n) is 1.81. The van der Waals surface area contributed by atoms with Crippen molar-refractivity contribution in [3.05, 3.63) is 75.1 Å². The number of nitro groups is 1. The van der Waals surface area contributed by atoms with Gasteiger partial charge in [0.05, 0.1) is 4.92 Å². The molecule has 0 unspecified atom stereocenters. The van der Waals surface area contributed by atoms with Gasteiger partial charge >= 0.3 is 0 Å². The van der Waals surface area contributed by atoms with Crippen LogP contribution in [0.3, 0.4) is 0 Å². The van der Waals surface area contributed by atoms with Crippen LogP contribution in [0.5, 0.6) is 17.4 Å². The van der Waals surface area contributed by atoms with Gasteiger partial charge in [0.25, 0.3) is 5.69 Å². The summed E-state index contributed by atoms with van der Waals surface area (Å²) in [7, 11) is 0. The number of thiophene rings is 1. The van der Waals surface area contributed by atoms with Crippen molar-refractivity contribution in [2.75, 3.05) is 0 Å². The van der Waals surface area contributed by atoms with Crippen LogP contribution < -0.4 is 9.47 Å². The Hall–Kier alpha value is -2.93. The maximum absolute atomic E-state index is 10.6. The van der Waals surface area contributed by atoms with Crippen molar-refractivity contribution >= 4 is 17.0 Å². The highest BCUT2D eigenvalue weighted by Gasteiger charge is 2.06. The van der Waals surface area contributed by atoms with Crippen molar-refractivity contribution in [2.24, 2.45) is 0 Å². The molecule has 6 nitrogen and oxygen atoms in total. The zero-order chi connectivity index (χ0) is 16.1. The van der Waals surface area contributed by atoms with E-state index < -0.39 is 4.92 Å². The van der Waals surface area contributed by atoms with Crippen molar-refractivity contribution in [3.63, 3.8) is 0 Å². The third-order valence-electron chi connectivity index (χ3n) is 2.96. The molecular weight excluding hydrogens is 316 g/mol. The monoisotopic (exact) mass is 328 g/mol. The molecule has 0 fully saturated rings. The first-order valence-electron chi connectivity index (χ1n) is 6.73. The lowest BCUT2D eigenvalue weighted by atomic mass is 10.3. The van der Waals surface area contributed by atoms with Crippen LogP contribution in [0.25, 0.3) is 0 Å². The van der Waals surface area contributed by atoms with Crippen molar-refractivity contribution in [2.45, 2.75) is 6.61 Å². The summed E-state index contributed by atoms with van der Waals surface area (Å²) >= 11 is 1.63. The Balaban J connectivity index is 1.59. The molecule has 0 atom stereocenters. The minimum absolute atomic E-state index is 0.0745. The molecule has 3 rings (SSSR count). The summed E-state index contributed by atoms with van der Waals surface area (Å²) in [4.78, 5) is 14.0. The summed E-state index contributed by atoms with van der Waals surface area (Å²) < 4.78 is 11.2. The predicted molar refractivity (Wildman–Crippen MR) is 86.1 cm³/mol. The SMILES string of the molecule is O=[N+]([O-])c1ccc(Oc2ccc(OCc3ccsc3)cc2)nc1. The zero-order valence-corrected chi connectivity index (χ0v) is 12.7. The van der Waals surface area contributed by atoms with Crippen molar-refractivity contribution < 1.29 is 14.4 Å². The summed E-state index contributed by atoms with van der Waals surface area (Å²) in [6.45, 7) is 0.521. The number of benzene rings is 1. The highest BCUT2D eigenvalue weighted by Crippen LogP contribution is 2.24. The highest BCUT2D eigenvalue weighted by molar-refractivity contribution is 7.07. The van der Waals surface area contributed by atoms with E-state index in [-0.39, 0.29) is 5.69 Å². The van der Waals surface area contributed by atoms with Gasteiger partial charge < -0.3 is 9.47 Å². The number of rotatable bonds is 6. The second-order valence-electron chi connectivity index (χ2n) is 4.61. The lowest BCUT2D eigenvalue weighted by molar-refractivity contribution is -0.385. The minimum atomic E-state index is -0.504. The molecule has 0 aliphatic rings. The zero-order valence-electron chi connectivity index (χ0n) is 11.9. The summed E-state index contributed by atoms with van der Waals surface area (Å²) in [6, 6.07) is 11.9. The lowest BCUT2D eigenvalue weighted by Crippen LogP contribution is -1.94. The van der Waals surface area contributed by atoms with Crippen LogP contribution in [-0.2, 0) is 6.61 Å². The van der Waals surface area contributed by atoms with Gasteiger partial charge in [0, 0.05) is 12.1 Å². The third kappa shape index (κ3) is 4.04. The smallest absolute Gasteiger partial charge is 0.287 e. The Morgan fingerprint density at radius 2 is 1.87 bits per heavy atom. The van der Waals surface area contributed by atoms with E-state index in [0.717, 1.165) is 17.5 Å². The second kappa shape index (κ2) is 6.89. The Morgan fingerprint density at radius 1 is 1.09 bits per heavy atom. The molecule has 2 aromatic heterocycles. The molecule has 3 aromatic rings. The van der Waals surface area contributed by atoms with E-state index in [4.69, 9.17) is 9.47 Å². The molecule has 0 aliphatic heterocycles. The standard InChI is InChI=1S/C16H12N2O4S/c19-18(20)13-1-6-16(17-9-13)22-15-4-2-14(3-5-15)21-10-12-7-8-23-11-12/h1-9,11H,10H2. The molecule has 0 bridgehead atoms. The average Bonchev–Trinajstić information content (AvgIpc) is 3.08. The molecule has 2 heterocycles. The van der Waals surface area contributed by atoms with Crippen LogP contribution in [0.15, 0.2) is 59.4 Å². The Labute approximate surface area is 136 Å². The molecule has 0 amide bonds. The maximum atomic E-state index is 10.6. The van der Waals surface area contributed by atoms with E-state index in [9.17, 15) is 10.1 Å². The molecule has 116 valence electrons. The van der Waals surface area contributed by atoms with Gasteiger partial charge in [0.1, 0.15) is 24.3 Å². The van der Waals surface area contributed by atoms with Crippen LogP contribution in [0.2, 0.25) is 0 Å². The van der Waals surface area contributed by atoms with Crippen LogP contribution >= 0.6 is 11.3 Å². The average molecular weight is 328 g/mol. The fraction of sp³-hybridized carbons (Fsp3) is 0.0625. The van der Waals surface area contributed by atoms with E-state index in [0.29, 0.717) is 18.2 Å². The molecule has 0 saturated heterocycles. The first-order valence-corrected chi connectivity index (χ1v) is 7.67. The highest BCUT2D eigenvalue weighted by atomic mass is 32.1. The van der Waals surface area contributed by atoms with Crippen LogP contribution in [0, 0.1) is 10.1 Å². The molecule has 0 N–H and O–H groups in total. The van der Waals surface area contributed by atoms with Crippen LogP contribution in [0.1, 0.15) is 5.56 Å². The van der Waals surface area contributed by atoms with E-state index in [1.165, 1.54) is 12.1 Å². The van der Waals surface area contributed by atoms with E-state index >= 15 is 0 Å². The number of nitrogens with zero attached hydrogens (tertiary/aromatic N) is 2. The number of hydrogen-bond donors (Lipinski definition) is 0. The van der Waals surface area contributed by atoms with Crippen molar-refractivity contribution in [3.8, 4) is 17.4 Å². The van der Waals surface area contributed by atoms with Gasteiger partial charge in [-0.3, -0.25) is 10.1 Å². The van der Waals surface area contributed by atoms with E-state index in [1.807, 2.05) is 16.8 Å². The van der Waals surface area contributed by atoms with Crippen LogP contribution in [-0.4, -0.2) is 9.91 Å². The molecule has 7 heteroatoms.